The summed E-state index contributed by atoms with van der Waals surface area (Å²) in [6, 6.07) is 1.51. The molecule has 116 valence electrons. The van der Waals surface area contributed by atoms with Gasteiger partial charge in [0.1, 0.15) is 6.04 Å². The number of anilines is 1. The molecule has 0 unspecified atom stereocenters. The summed E-state index contributed by atoms with van der Waals surface area (Å²) in [5.41, 5.74) is 0.948. The van der Waals surface area contributed by atoms with Gasteiger partial charge in [-0.05, 0) is 24.3 Å². The van der Waals surface area contributed by atoms with Gasteiger partial charge in [-0.15, -0.1) is 0 Å². The zero-order chi connectivity index (χ0) is 15.5. The van der Waals surface area contributed by atoms with E-state index >= 15 is 0 Å². The highest BCUT2D eigenvalue weighted by Gasteiger charge is 2.31. The number of amides is 2. The number of rotatable bonds is 5. The Bertz CT molecular complexity index is 668. The van der Waals surface area contributed by atoms with Crippen LogP contribution in [0.2, 0.25) is 0 Å². The maximum atomic E-state index is 12.4. The lowest BCUT2D eigenvalue weighted by Gasteiger charge is -2.25. The third-order valence-corrected chi connectivity index (χ3v) is 4.92. The maximum Gasteiger partial charge on any atom is 0.248 e. The van der Waals surface area contributed by atoms with Gasteiger partial charge in [0.05, 0.1) is 0 Å². The number of aromatic nitrogens is 2. The van der Waals surface area contributed by atoms with Crippen LogP contribution in [0.25, 0.3) is 11.4 Å². The molecule has 1 aliphatic rings. The van der Waals surface area contributed by atoms with Gasteiger partial charge < -0.3 is 4.90 Å². The average molecular weight is 336 g/mol. The van der Waals surface area contributed by atoms with Gasteiger partial charge in [0, 0.05) is 35.4 Å². The van der Waals surface area contributed by atoms with E-state index in [2.05, 4.69) is 14.7 Å². The molecular formula is C14H16N4O2S2. The molecule has 2 aromatic heterocycles. The summed E-state index contributed by atoms with van der Waals surface area (Å²) >= 11 is 2.73. The molecule has 0 spiro atoms. The summed E-state index contributed by atoms with van der Waals surface area (Å²) < 4.78 is 4.25. The first kappa shape index (κ1) is 15.1. The third-order valence-electron chi connectivity index (χ3n) is 3.61. The van der Waals surface area contributed by atoms with E-state index in [1.54, 1.807) is 16.2 Å². The van der Waals surface area contributed by atoms with Crippen LogP contribution in [0.4, 0.5) is 5.13 Å². The van der Waals surface area contributed by atoms with E-state index in [0.29, 0.717) is 30.3 Å². The molecule has 1 fully saturated rings. The fraction of sp³-hybridized carbons (Fsp3) is 0.429. The standard InChI is InChI=1S/C14H16N4O2S2/c1-2-10(18-6-3-4-11(18)19)13(20)16-14-15-12(17-22-14)9-5-7-21-8-9/h5,7-8,10H,2-4,6H2,1H3,(H,15,16,17,20)/t10-/m0/s1. The first-order valence-corrected chi connectivity index (χ1v) is 8.87. The van der Waals surface area contributed by atoms with Gasteiger partial charge in [0.25, 0.3) is 0 Å². The van der Waals surface area contributed by atoms with Crippen molar-refractivity contribution in [2.45, 2.75) is 32.2 Å². The third kappa shape index (κ3) is 3.02. The molecule has 3 rings (SSSR count). The van der Waals surface area contributed by atoms with Crippen molar-refractivity contribution in [3.63, 3.8) is 0 Å². The second-order valence-electron chi connectivity index (χ2n) is 5.04. The number of thiophene rings is 1. The topological polar surface area (TPSA) is 75.2 Å². The second-order valence-corrected chi connectivity index (χ2v) is 6.57. The SMILES string of the molecule is CC[C@@H](C(=O)Nc1nc(-c2ccsc2)ns1)N1CCCC1=O. The fourth-order valence-electron chi connectivity index (χ4n) is 2.52. The van der Waals surface area contributed by atoms with E-state index in [9.17, 15) is 9.59 Å². The van der Waals surface area contributed by atoms with Crippen molar-refractivity contribution in [3.8, 4) is 11.4 Å². The molecule has 1 saturated heterocycles. The number of carbonyl (C=O) groups is 2. The lowest BCUT2D eigenvalue weighted by Crippen LogP contribution is -2.44. The summed E-state index contributed by atoms with van der Waals surface area (Å²) in [4.78, 5) is 30.2. The minimum Gasteiger partial charge on any atom is -0.331 e. The van der Waals surface area contributed by atoms with Crippen LogP contribution in [0, 0.1) is 0 Å². The van der Waals surface area contributed by atoms with E-state index < -0.39 is 6.04 Å². The Labute approximate surface area is 136 Å². The van der Waals surface area contributed by atoms with Gasteiger partial charge in [-0.25, -0.2) is 0 Å². The van der Waals surface area contributed by atoms with Gasteiger partial charge in [-0.2, -0.15) is 20.7 Å². The molecule has 0 radical (unpaired) electrons. The van der Waals surface area contributed by atoms with Crippen LogP contribution in [0.3, 0.4) is 0 Å². The maximum absolute atomic E-state index is 12.4. The van der Waals surface area contributed by atoms with Crippen LogP contribution in [-0.2, 0) is 9.59 Å². The van der Waals surface area contributed by atoms with Crippen molar-refractivity contribution < 1.29 is 9.59 Å². The summed E-state index contributed by atoms with van der Waals surface area (Å²) in [6.07, 6.45) is 1.95. The van der Waals surface area contributed by atoms with E-state index in [4.69, 9.17) is 0 Å². The normalized spacial score (nSPS) is 16.0. The highest BCUT2D eigenvalue weighted by Crippen LogP contribution is 2.24. The molecule has 1 N–H and O–H groups in total. The number of hydrogen-bond donors (Lipinski definition) is 1. The fourth-order valence-corrected chi connectivity index (χ4v) is 3.74. The molecular weight excluding hydrogens is 320 g/mol. The Hall–Kier alpha value is -1.80. The molecule has 6 nitrogen and oxygen atoms in total. The summed E-state index contributed by atoms with van der Waals surface area (Å²) in [5, 5.41) is 7.18. The van der Waals surface area contributed by atoms with E-state index in [-0.39, 0.29) is 11.8 Å². The first-order valence-electron chi connectivity index (χ1n) is 7.15. The molecule has 3 heterocycles. The minimum atomic E-state index is -0.427. The van der Waals surface area contributed by atoms with Crippen LogP contribution in [-0.4, -0.2) is 38.7 Å². The highest BCUT2D eigenvalue weighted by molar-refractivity contribution is 7.10. The molecule has 8 heteroatoms. The zero-order valence-corrected chi connectivity index (χ0v) is 13.7. The molecule has 2 amide bonds. The number of nitrogens with one attached hydrogen (secondary N) is 1. The molecule has 22 heavy (non-hydrogen) atoms. The number of carbonyl (C=O) groups excluding carboxylic acids is 2. The molecule has 1 aliphatic heterocycles. The van der Waals surface area contributed by atoms with Crippen LogP contribution in [0.15, 0.2) is 16.8 Å². The van der Waals surface area contributed by atoms with Gasteiger partial charge in [0.2, 0.25) is 16.9 Å². The summed E-state index contributed by atoms with van der Waals surface area (Å²) in [5.74, 6) is 0.482. The van der Waals surface area contributed by atoms with Crippen molar-refractivity contribution in [2.24, 2.45) is 0 Å². The first-order chi connectivity index (χ1) is 10.7. The minimum absolute atomic E-state index is 0.0539. The lowest BCUT2D eigenvalue weighted by molar-refractivity contribution is -0.135. The van der Waals surface area contributed by atoms with Crippen LogP contribution >= 0.6 is 22.9 Å². The van der Waals surface area contributed by atoms with Crippen molar-refractivity contribution >= 4 is 39.8 Å². The quantitative estimate of drug-likeness (QED) is 0.911. The van der Waals surface area contributed by atoms with Crippen LogP contribution in [0.5, 0.6) is 0 Å². The number of nitrogens with zero attached hydrogens (tertiary/aromatic N) is 3. The molecule has 0 aliphatic carbocycles. The lowest BCUT2D eigenvalue weighted by atomic mass is 10.2. The molecule has 0 aromatic carbocycles. The van der Waals surface area contributed by atoms with Crippen molar-refractivity contribution in [1.29, 1.82) is 0 Å². The van der Waals surface area contributed by atoms with E-state index in [1.807, 2.05) is 23.8 Å². The Morgan fingerprint density at radius 3 is 3.05 bits per heavy atom. The largest absolute Gasteiger partial charge is 0.331 e. The predicted molar refractivity (Wildman–Crippen MR) is 86.9 cm³/mol. The van der Waals surface area contributed by atoms with Crippen LogP contribution in [0.1, 0.15) is 26.2 Å². The smallest absolute Gasteiger partial charge is 0.248 e. The molecule has 0 saturated carbocycles. The number of hydrogen-bond acceptors (Lipinski definition) is 6. The zero-order valence-electron chi connectivity index (χ0n) is 12.1. The van der Waals surface area contributed by atoms with Crippen molar-refractivity contribution in [2.75, 3.05) is 11.9 Å². The predicted octanol–water partition coefficient (Wildman–Crippen LogP) is 2.61. The van der Waals surface area contributed by atoms with Gasteiger partial charge >= 0.3 is 0 Å². The van der Waals surface area contributed by atoms with Gasteiger partial charge in [-0.1, -0.05) is 6.92 Å². The molecule has 2 aromatic rings. The molecule has 0 bridgehead atoms. The van der Waals surface area contributed by atoms with Gasteiger partial charge in [-0.3, -0.25) is 14.9 Å². The van der Waals surface area contributed by atoms with E-state index in [1.165, 1.54) is 0 Å². The highest BCUT2D eigenvalue weighted by atomic mass is 32.1. The van der Waals surface area contributed by atoms with Crippen molar-refractivity contribution in [3.05, 3.63) is 16.8 Å². The van der Waals surface area contributed by atoms with Crippen LogP contribution < -0.4 is 5.32 Å². The monoisotopic (exact) mass is 336 g/mol. The summed E-state index contributed by atoms with van der Waals surface area (Å²) in [6.45, 7) is 2.56. The summed E-state index contributed by atoms with van der Waals surface area (Å²) in [7, 11) is 0. The Kier molecular flexibility index (Phi) is 4.49. The molecule has 1 atom stereocenters. The second kappa shape index (κ2) is 6.53. The van der Waals surface area contributed by atoms with E-state index in [0.717, 1.165) is 23.5 Å². The average Bonchev–Trinajstić information content (AvgIpc) is 3.21. The Morgan fingerprint density at radius 2 is 2.41 bits per heavy atom. The Balaban J connectivity index is 1.69. The Morgan fingerprint density at radius 1 is 1.55 bits per heavy atom. The number of likely N-dealkylation sites (tertiary alicyclic amines) is 1. The van der Waals surface area contributed by atoms with Crippen molar-refractivity contribution in [1.82, 2.24) is 14.3 Å². The van der Waals surface area contributed by atoms with Gasteiger partial charge in [0.15, 0.2) is 5.82 Å².